The second-order valence-electron chi connectivity index (χ2n) is 3.97. The Morgan fingerprint density at radius 1 is 1.13 bits per heavy atom. The van der Waals surface area contributed by atoms with Crippen molar-refractivity contribution in [3.05, 3.63) is 35.0 Å². The van der Waals surface area contributed by atoms with E-state index in [2.05, 4.69) is 43.1 Å². The van der Waals surface area contributed by atoms with Crippen molar-refractivity contribution in [3.63, 3.8) is 0 Å². The Bertz CT molecular complexity index is 474. The Labute approximate surface area is 89.3 Å². The van der Waals surface area contributed by atoms with Gasteiger partial charge in [0, 0.05) is 5.56 Å². The van der Waals surface area contributed by atoms with Crippen LogP contribution in [0.1, 0.15) is 16.7 Å². The van der Waals surface area contributed by atoms with E-state index in [4.69, 9.17) is 5.73 Å². The molecule has 3 heteroatoms. The van der Waals surface area contributed by atoms with Crippen LogP contribution in [-0.2, 0) is 0 Å². The van der Waals surface area contributed by atoms with E-state index in [0.717, 1.165) is 11.3 Å². The molecular weight excluding hydrogens is 186 g/mol. The third kappa shape index (κ3) is 1.61. The van der Waals surface area contributed by atoms with Crippen LogP contribution >= 0.6 is 0 Å². The molecule has 0 saturated carbocycles. The van der Waals surface area contributed by atoms with Gasteiger partial charge in [-0.2, -0.15) is 5.10 Å². The van der Waals surface area contributed by atoms with Gasteiger partial charge < -0.3 is 5.73 Å². The van der Waals surface area contributed by atoms with Crippen LogP contribution in [0.5, 0.6) is 0 Å². The molecule has 0 aliphatic carbocycles. The Balaban J connectivity index is 2.68. The number of nitrogen functional groups attached to an aromatic ring is 1. The fourth-order valence-electron chi connectivity index (χ4n) is 2.07. The molecule has 1 aromatic carbocycles. The number of nitrogens with zero attached hydrogens (tertiary/aromatic N) is 1. The highest BCUT2D eigenvalue weighted by Crippen LogP contribution is 2.30. The molecule has 1 aromatic heterocycles. The summed E-state index contributed by atoms with van der Waals surface area (Å²) in [7, 11) is 0. The van der Waals surface area contributed by atoms with Crippen molar-refractivity contribution in [1.29, 1.82) is 0 Å². The molecule has 1 heterocycles. The second kappa shape index (κ2) is 3.42. The SMILES string of the molecule is Cc1cc(C)c(-c2[nH]ncc2N)c(C)c1. The van der Waals surface area contributed by atoms with Gasteiger partial charge in [0.25, 0.3) is 0 Å². The molecule has 0 saturated heterocycles. The Morgan fingerprint density at radius 2 is 1.73 bits per heavy atom. The van der Waals surface area contributed by atoms with Crippen LogP contribution in [0.4, 0.5) is 5.69 Å². The quantitative estimate of drug-likeness (QED) is 0.745. The maximum Gasteiger partial charge on any atom is 0.0885 e. The summed E-state index contributed by atoms with van der Waals surface area (Å²) in [5.41, 5.74) is 12.4. The zero-order valence-electron chi connectivity index (χ0n) is 9.26. The summed E-state index contributed by atoms with van der Waals surface area (Å²) in [6.07, 6.45) is 1.65. The highest BCUT2D eigenvalue weighted by Gasteiger charge is 2.10. The van der Waals surface area contributed by atoms with Crippen LogP contribution in [0, 0.1) is 20.8 Å². The largest absolute Gasteiger partial charge is 0.396 e. The zero-order valence-corrected chi connectivity index (χ0v) is 9.26. The van der Waals surface area contributed by atoms with Gasteiger partial charge >= 0.3 is 0 Å². The lowest BCUT2D eigenvalue weighted by Crippen LogP contribution is -1.93. The van der Waals surface area contributed by atoms with E-state index in [9.17, 15) is 0 Å². The summed E-state index contributed by atoms with van der Waals surface area (Å²) in [5, 5.41) is 6.90. The van der Waals surface area contributed by atoms with E-state index in [1.807, 2.05) is 0 Å². The first-order valence-electron chi connectivity index (χ1n) is 4.96. The predicted molar refractivity (Wildman–Crippen MR) is 62.6 cm³/mol. The summed E-state index contributed by atoms with van der Waals surface area (Å²) < 4.78 is 0. The van der Waals surface area contributed by atoms with Gasteiger partial charge in [-0.3, -0.25) is 5.10 Å². The fraction of sp³-hybridized carbons (Fsp3) is 0.250. The van der Waals surface area contributed by atoms with E-state index in [-0.39, 0.29) is 0 Å². The Morgan fingerprint density at radius 3 is 2.20 bits per heavy atom. The summed E-state index contributed by atoms with van der Waals surface area (Å²) >= 11 is 0. The van der Waals surface area contributed by atoms with Crippen LogP contribution in [-0.4, -0.2) is 10.2 Å². The van der Waals surface area contributed by atoms with Gasteiger partial charge in [0.2, 0.25) is 0 Å². The average molecular weight is 201 g/mol. The number of anilines is 1. The van der Waals surface area contributed by atoms with Gasteiger partial charge in [-0.1, -0.05) is 17.7 Å². The summed E-state index contributed by atoms with van der Waals surface area (Å²) in [6, 6.07) is 4.31. The number of benzene rings is 1. The third-order valence-electron chi connectivity index (χ3n) is 2.60. The summed E-state index contributed by atoms with van der Waals surface area (Å²) in [5.74, 6) is 0. The zero-order chi connectivity index (χ0) is 11.0. The average Bonchev–Trinajstić information content (AvgIpc) is 2.50. The van der Waals surface area contributed by atoms with Gasteiger partial charge in [-0.05, 0) is 31.9 Å². The number of nitrogens with two attached hydrogens (primary N) is 1. The molecule has 0 aliphatic heterocycles. The maximum absolute atomic E-state index is 5.85. The fourth-order valence-corrected chi connectivity index (χ4v) is 2.07. The van der Waals surface area contributed by atoms with E-state index >= 15 is 0 Å². The van der Waals surface area contributed by atoms with Crippen molar-refractivity contribution >= 4 is 5.69 Å². The normalized spacial score (nSPS) is 10.6. The minimum atomic E-state index is 0.699. The number of hydrogen-bond acceptors (Lipinski definition) is 2. The molecule has 78 valence electrons. The highest BCUT2D eigenvalue weighted by atomic mass is 15.1. The van der Waals surface area contributed by atoms with Crippen molar-refractivity contribution in [2.24, 2.45) is 0 Å². The molecule has 3 N–H and O–H groups in total. The lowest BCUT2D eigenvalue weighted by Gasteiger charge is -2.10. The topological polar surface area (TPSA) is 54.7 Å². The lowest BCUT2D eigenvalue weighted by atomic mass is 9.97. The highest BCUT2D eigenvalue weighted by molar-refractivity contribution is 5.77. The number of aromatic nitrogens is 2. The van der Waals surface area contributed by atoms with Crippen LogP contribution in [0.2, 0.25) is 0 Å². The van der Waals surface area contributed by atoms with Crippen LogP contribution in [0.25, 0.3) is 11.3 Å². The number of nitrogens with one attached hydrogen (secondary N) is 1. The molecule has 0 fully saturated rings. The van der Waals surface area contributed by atoms with E-state index < -0.39 is 0 Å². The van der Waals surface area contributed by atoms with E-state index in [0.29, 0.717) is 5.69 Å². The van der Waals surface area contributed by atoms with Crippen LogP contribution in [0.15, 0.2) is 18.3 Å². The number of aromatic amines is 1. The molecule has 0 spiro atoms. The van der Waals surface area contributed by atoms with Gasteiger partial charge in [0.05, 0.1) is 17.6 Å². The number of hydrogen-bond donors (Lipinski definition) is 2. The number of H-pyrrole nitrogens is 1. The Hall–Kier alpha value is -1.77. The minimum absolute atomic E-state index is 0.699. The molecular formula is C12H15N3. The molecule has 0 atom stereocenters. The number of rotatable bonds is 1. The second-order valence-corrected chi connectivity index (χ2v) is 3.97. The molecule has 2 rings (SSSR count). The maximum atomic E-state index is 5.85. The van der Waals surface area contributed by atoms with Crippen molar-refractivity contribution in [2.75, 3.05) is 5.73 Å². The Kier molecular flexibility index (Phi) is 2.23. The first kappa shape index (κ1) is 9.77. The molecule has 2 aromatic rings. The van der Waals surface area contributed by atoms with Crippen molar-refractivity contribution in [3.8, 4) is 11.3 Å². The first-order valence-corrected chi connectivity index (χ1v) is 4.96. The van der Waals surface area contributed by atoms with E-state index in [1.165, 1.54) is 16.7 Å². The van der Waals surface area contributed by atoms with Crippen molar-refractivity contribution in [2.45, 2.75) is 20.8 Å². The lowest BCUT2D eigenvalue weighted by molar-refractivity contribution is 1.09. The van der Waals surface area contributed by atoms with Crippen molar-refractivity contribution < 1.29 is 0 Å². The monoisotopic (exact) mass is 201 g/mol. The standard InChI is InChI=1S/C12H15N3/c1-7-4-8(2)11(9(3)5-7)12-10(13)6-14-15-12/h4-6H,13H2,1-3H3,(H,14,15). The van der Waals surface area contributed by atoms with Crippen molar-refractivity contribution in [1.82, 2.24) is 10.2 Å². The van der Waals surface area contributed by atoms with Gasteiger partial charge in [0.1, 0.15) is 0 Å². The van der Waals surface area contributed by atoms with Crippen LogP contribution in [0.3, 0.4) is 0 Å². The smallest absolute Gasteiger partial charge is 0.0885 e. The molecule has 0 amide bonds. The third-order valence-corrected chi connectivity index (χ3v) is 2.60. The molecule has 0 bridgehead atoms. The summed E-state index contributed by atoms with van der Waals surface area (Å²) in [4.78, 5) is 0. The van der Waals surface area contributed by atoms with E-state index in [1.54, 1.807) is 6.20 Å². The molecule has 15 heavy (non-hydrogen) atoms. The number of aryl methyl sites for hydroxylation is 3. The van der Waals surface area contributed by atoms with Gasteiger partial charge in [-0.15, -0.1) is 0 Å². The predicted octanol–water partition coefficient (Wildman–Crippen LogP) is 2.58. The minimum Gasteiger partial charge on any atom is -0.396 e. The molecule has 0 unspecified atom stereocenters. The summed E-state index contributed by atoms with van der Waals surface area (Å²) in [6.45, 7) is 6.28. The first-order chi connectivity index (χ1) is 7.09. The molecule has 0 aliphatic rings. The van der Waals surface area contributed by atoms with Gasteiger partial charge in [0.15, 0.2) is 0 Å². The van der Waals surface area contributed by atoms with Gasteiger partial charge in [-0.25, -0.2) is 0 Å². The molecule has 0 radical (unpaired) electrons. The van der Waals surface area contributed by atoms with Crippen LogP contribution < -0.4 is 5.73 Å². The molecule has 3 nitrogen and oxygen atoms in total.